The molecule has 0 radical (unpaired) electrons. The third-order valence-corrected chi connectivity index (χ3v) is 8.21. The second-order valence-electron chi connectivity index (χ2n) is 8.54. The summed E-state index contributed by atoms with van der Waals surface area (Å²) in [5, 5.41) is 2.54. The predicted molar refractivity (Wildman–Crippen MR) is 125 cm³/mol. The van der Waals surface area contributed by atoms with Crippen LogP contribution in [0, 0.1) is 12.8 Å². The molecule has 0 unspecified atom stereocenters. The van der Waals surface area contributed by atoms with E-state index in [1.807, 2.05) is 54.0 Å². The Labute approximate surface area is 188 Å². The van der Waals surface area contributed by atoms with Gasteiger partial charge in [0.2, 0.25) is 21.9 Å². The molecule has 0 spiro atoms. The number of carbonyl (C=O) groups excluding carboxylic acids is 1. The Morgan fingerprint density at radius 2 is 1.81 bits per heavy atom. The first-order valence-electron chi connectivity index (χ1n) is 10.9. The number of carbonyl (C=O) groups is 1. The molecule has 1 amide bonds. The number of fused-ring (bicyclic) bond motifs is 1. The molecule has 1 fully saturated rings. The van der Waals surface area contributed by atoms with Crippen LogP contribution >= 0.6 is 0 Å². The number of nitrogens with one attached hydrogen (secondary N) is 1. The minimum Gasteiger partial charge on any atom is -0.304 e. The molecule has 2 aromatic heterocycles. The Kier molecular flexibility index (Phi) is 6.30. The van der Waals surface area contributed by atoms with E-state index in [2.05, 4.69) is 15.3 Å². The molecule has 0 atom stereocenters. The molecular weight excluding hydrogens is 426 g/mol. The maximum Gasteiger partial charge on any atom is 0.229 e. The van der Waals surface area contributed by atoms with Crippen molar-refractivity contribution in [1.29, 1.82) is 0 Å². The molecular formula is C23H29N5O3S. The van der Waals surface area contributed by atoms with Crippen molar-refractivity contribution < 1.29 is 13.2 Å². The molecule has 8 nitrogen and oxygen atoms in total. The van der Waals surface area contributed by atoms with E-state index in [9.17, 15) is 13.2 Å². The number of amides is 1. The van der Waals surface area contributed by atoms with Crippen molar-refractivity contribution in [3.63, 3.8) is 0 Å². The monoisotopic (exact) mass is 455 g/mol. The van der Waals surface area contributed by atoms with Gasteiger partial charge in [0.25, 0.3) is 0 Å². The minimum atomic E-state index is -3.29. The van der Waals surface area contributed by atoms with E-state index in [-0.39, 0.29) is 11.8 Å². The van der Waals surface area contributed by atoms with E-state index in [1.165, 1.54) is 4.31 Å². The number of hydrogen-bond donors (Lipinski definition) is 1. The number of aromatic nitrogens is 3. The van der Waals surface area contributed by atoms with Crippen LogP contribution in [0.4, 0.5) is 5.95 Å². The second-order valence-corrected chi connectivity index (χ2v) is 11.0. The summed E-state index contributed by atoms with van der Waals surface area (Å²) in [4.78, 5) is 22.3. The molecule has 1 aliphatic rings. The topological polar surface area (TPSA) is 97.2 Å². The summed E-state index contributed by atoms with van der Waals surface area (Å²) in [6, 6.07) is 13.6. The number of para-hydroxylation sites is 2. The number of piperidine rings is 1. The Balaban J connectivity index is 1.52. The summed E-state index contributed by atoms with van der Waals surface area (Å²) in [7, 11) is -3.29. The van der Waals surface area contributed by atoms with Gasteiger partial charge >= 0.3 is 0 Å². The summed E-state index contributed by atoms with van der Waals surface area (Å²) in [6.07, 6.45) is 0.995. The summed E-state index contributed by atoms with van der Waals surface area (Å²) >= 11 is 0. The molecule has 3 aromatic rings. The van der Waals surface area contributed by atoms with Gasteiger partial charge in [0.1, 0.15) is 0 Å². The molecule has 4 rings (SSSR count). The maximum absolute atomic E-state index is 13.0. The van der Waals surface area contributed by atoms with Crippen molar-refractivity contribution in [3.05, 3.63) is 53.9 Å². The van der Waals surface area contributed by atoms with Gasteiger partial charge in [-0.2, -0.15) is 0 Å². The highest BCUT2D eigenvalue weighted by Crippen LogP contribution is 2.25. The molecule has 170 valence electrons. The Bertz CT molecular complexity index is 1230. The summed E-state index contributed by atoms with van der Waals surface area (Å²) in [6.45, 7) is 6.53. The lowest BCUT2D eigenvalue weighted by Crippen LogP contribution is -2.44. The van der Waals surface area contributed by atoms with Gasteiger partial charge in [0.15, 0.2) is 0 Å². The number of nitrogens with zero attached hydrogens (tertiary/aromatic N) is 4. The van der Waals surface area contributed by atoms with Crippen molar-refractivity contribution in [2.24, 2.45) is 5.92 Å². The second kappa shape index (κ2) is 8.99. The zero-order valence-electron chi connectivity index (χ0n) is 18.7. The molecule has 1 N–H and O–H groups in total. The smallest absolute Gasteiger partial charge is 0.229 e. The van der Waals surface area contributed by atoms with Crippen LogP contribution in [0.25, 0.3) is 11.0 Å². The number of pyridine rings is 1. The third kappa shape index (κ3) is 4.54. The van der Waals surface area contributed by atoms with Gasteiger partial charge in [-0.15, -0.1) is 0 Å². The van der Waals surface area contributed by atoms with Gasteiger partial charge in [0.05, 0.1) is 28.5 Å². The molecule has 1 aliphatic heterocycles. The standard InChI is InChI=1S/C23H29N5O3S/c1-16(2)32(30,31)27-13-11-18(12-14-27)22(29)26-23-25-20-9-4-5-10-21(20)28(23)15-19-8-6-7-17(3)24-19/h4-10,16,18H,11-15H2,1-3H3,(H,25,26,29). The van der Waals surface area contributed by atoms with Gasteiger partial charge in [-0.3, -0.25) is 15.1 Å². The molecule has 32 heavy (non-hydrogen) atoms. The lowest BCUT2D eigenvalue weighted by Gasteiger charge is -2.31. The van der Waals surface area contributed by atoms with Crippen LogP contribution in [-0.2, 0) is 21.4 Å². The van der Waals surface area contributed by atoms with Gasteiger partial charge in [-0.25, -0.2) is 17.7 Å². The number of imidazole rings is 1. The van der Waals surface area contributed by atoms with Gasteiger partial charge < -0.3 is 4.57 Å². The summed E-state index contributed by atoms with van der Waals surface area (Å²) in [5.74, 6) is 0.107. The molecule has 3 heterocycles. The van der Waals surface area contributed by atoms with Crippen LogP contribution in [0.1, 0.15) is 38.1 Å². The van der Waals surface area contributed by atoms with Crippen LogP contribution in [0.15, 0.2) is 42.5 Å². The Morgan fingerprint density at radius 3 is 2.50 bits per heavy atom. The van der Waals surface area contributed by atoms with Crippen molar-refractivity contribution >= 4 is 32.9 Å². The fourth-order valence-electron chi connectivity index (χ4n) is 4.06. The fraction of sp³-hybridized carbons (Fsp3) is 0.435. The van der Waals surface area contributed by atoms with Crippen LogP contribution in [0.2, 0.25) is 0 Å². The van der Waals surface area contributed by atoms with Crippen molar-refractivity contribution in [1.82, 2.24) is 18.8 Å². The number of sulfonamides is 1. The molecule has 0 aliphatic carbocycles. The molecule has 0 bridgehead atoms. The largest absolute Gasteiger partial charge is 0.304 e. The molecule has 0 saturated carbocycles. The van der Waals surface area contributed by atoms with E-state index in [4.69, 9.17) is 0 Å². The van der Waals surface area contributed by atoms with Crippen LogP contribution in [-0.4, -0.2) is 51.5 Å². The van der Waals surface area contributed by atoms with E-state index in [0.717, 1.165) is 22.4 Å². The first-order chi connectivity index (χ1) is 15.3. The zero-order valence-corrected chi connectivity index (χ0v) is 19.5. The molecule has 9 heteroatoms. The van der Waals surface area contributed by atoms with Crippen molar-refractivity contribution in [2.45, 2.75) is 45.4 Å². The third-order valence-electron chi connectivity index (χ3n) is 5.94. The number of anilines is 1. The first-order valence-corrected chi connectivity index (χ1v) is 12.4. The summed E-state index contributed by atoms with van der Waals surface area (Å²) in [5.41, 5.74) is 3.54. The number of benzene rings is 1. The highest BCUT2D eigenvalue weighted by Gasteiger charge is 2.33. The van der Waals surface area contributed by atoms with Gasteiger partial charge in [-0.05, 0) is 57.9 Å². The lowest BCUT2D eigenvalue weighted by molar-refractivity contribution is -0.121. The van der Waals surface area contributed by atoms with E-state index < -0.39 is 15.3 Å². The zero-order chi connectivity index (χ0) is 22.9. The van der Waals surface area contributed by atoms with Crippen molar-refractivity contribution in [2.75, 3.05) is 18.4 Å². The Hall–Kier alpha value is -2.78. The highest BCUT2D eigenvalue weighted by molar-refractivity contribution is 7.89. The lowest BCUT2D eigenvalue weighted by atomic mass is 9.97. The van der Waals surface area contributed by atoms with Gasteiger partial charge in [0, 0.05) is 24.7 Å². The predicted octanol–water partition coefficient (Wildman–Crippen LogP) is 3.18. The SMILES string of the molecule is Cc1cccc(Cn2c(NC(=O)C3CCN(S(=O)(=O)C(C)C)CC3)nc3ccccc32)n1. The van der Waals surface area contributed by atoms with Crippen LogP contribution in [0.3, 0.4) is 0 Å². The van der Waals surface area contributed by atoms with Crippen molar-refractivity contribution in [3.8, 4) is 0 Å². The Morgan fingerprint density at radius 1 is 1.09 bits per heavy atom. The first kappa shape index (κ1) is 22.4. The highest BCUT2D eigenvalue weighted by atomic mass is 32.2. The van der Waals surface area contributed by atoms with Crippen LogP contribution < -0.4 is 5.32 Å². The number of rotatable bonds is 6. The summed E-state index contributed by atoms with van der Waals surface area (Å²) < 4.78 is 28.3. The van der Waals surface area contributed by atoms with Gasteiger partial charge in [-0.1, -0.05) is 18.2 Å². The van der Waals surface area contributed by atoms with Crippen LogP contribution in [0.5, 0.6) is 0 Å². The number of aryl methyl sites for hydroxylation is 1. The van der Waals surface area contributed by atoms with E-state index in [0.29, 0.717) is 38.4 Å². The molecule has 1 saturated heterocycles. The van der Waals surface area contributed by atoms with E-state index in [1.54, 1.807) is 13.8 Å². The number of hydrogen-bond acceptors (Lipinski definition) is 5. The van der Waals surface area contributed by atoms with E-state index >= 15 is 0 Å². The minimum absolute atomic E-state index is 0.125. The molecule has 1 aromatic carbocycles. The average molecular weight is 456 g/mol. The fourth-order valence-corrected chi connectivity index (χ4v) is 5.38. The normalized spacial score (nSPS) is 16.0. The maximum atomic E-state index is 13.0. The quantitative estimate of drug-likeness (QED) is 0.616. The average Bonchev–Trinajstić information content (AvgIpc) is 3.10.